The summed E-state index contributed by atoms with van der Waals surface area (Å²) >= 11 is 18.3. The fraction of sp³-hybridized carbons (Fsp3) is 0.111. The summed E-state index contributed by atoms with van der Waals surface area (Å²) in [6.45, 7) is 0. The number of sulfonamides is 1. The molecule has 3 aromatic rings. The van der Waals surface area contributed by atoms with E-state index < -0.39 is 21.9 Å². The van der Waals surface area contributed by atoms with Gasteiger partial charge in [0.1, 0.15) is 16.3 Å². The highest BCUT2D eigenvalue weighted by Gasteiger charge is 2.31. The van der Waals surface area contributed by atoms with Crippen LogP contribution in [0, 0.1) is 0 Å². The van der Waals surface area contributed by atoms with Gasteiger partial charge in [0.2, 0.25) is 0 Å². The summed E-state index contributed by atoms with van der Waals surface area (Å²) < 4.78 is 43.0. The topological polar surface area (TPSA) is 108 Å². The molecule has 0 radical (unpaired) electrons. The maximum absolute atomic E-state index is 12.9. The van der Waals surface area contributed by atoms with Crippen molar-refractivity contribution in [2.45, 2.75) is 4.90 Å². The average Bonchev–Trinajstić information content (AvgIpc) is 3.09. The predicted molar refractivity (Wildman–Crippen MR) is 112 cm³/mol. The van der Waals surface area contributed by atoms with Crippen molar-refractivity contribution in [1.82, 2.24) is 5.16 Å². The van der Waals surface area contributed by atoms with Crippen LogP contribution in [0.1, 0.15) is 10.4 Å². The van der Waals surface area contributed by atoms with Crippen molar-refractivity contribution >= 4 is 56.7 Å². The second kappa shape index (κ2) is 8.73. The first-order valence-corrected chi connectivity index (χ1v) is 10.7. The number of methoxy groups -OCH3 is 2. The number of esters is 1. The summed E-state index contributed by atoms with van der Waals surface area (Å²) in [5.41, 5.74) is -0.221. The molecule has 0 amide bonds. The number of anilines is 1. The highest BCUT2D eigenvalue weighted by Crippen LogP contribution is 2.39. The Morgan fingerprint density at radius 1 is 1.10 bits per heavy atom. The van der Waals surface area contributed by atoms with Gasteiger partial charge >= 0.3 is 5.97 Å². The van der Waals surface area contributed by atoms with Gasteiger partial charge in [-0.2, -0.15) is 0 Å². The largest absolute Gasteiger partial charge is 0.495 e. The zero-order valence-corrected chi connectivity index (χ0v) is 18.5. The van der Waals surface area contributed by atoms with E-state index in [0.717, 1.165) is 7.11 Å². The molecule has 0 aliphatic rings. The average molecular weight is 492 g/mol. The number of carbonyl (C=O) groups is 1. The molecule has 8 nitrogen and oxygen atoms in total. The minimum Gasteiger partial charge on any atom is -0.495 e. The van der Waals surface area contributed by atoms with Crippen LogP contribution in [0.15, 0.2) is 45.8 Å². The number of nitrogens with zero attached hydrogens (tertiary/aromatic N) is 1. The SMILES string of the molecule is COC(=O)c1c(-c2c(Cl)cccc2Cl)noc1NS(=O)(=O)c1cc(Cl)ccc1OC. The van der Waals surface area contributed by atoms with Gasteiger partial charge in [0.15, 0.2) is 5.56 Å². The van der Waals surface area contributed by atoms with Gasteiger partial charge in [0.25, 0.3) is 15.9 Å². The van der Waals surface area contributed by atoms with E-state index in [0.29, 0.717) is 0 Å². The molecule has 0 aliphatic heterocycles. The summed E-state index contributed by atoms with van der Waals surface area (Å²) in [6, 6.07) is 8.68. The Morgan fingerprint density at radius 3 is 2.37 bits per heavy atom. The zero-order chi connectivity index (χ0) is 22.1. The van der Waals surface area contributed by atoms with Gasteiger partial charge in [-0.15, -0.1) is 0 Å². The quantitative estimate of drug-likeness (QED) is 0.489. The van der Waals surface area contributed by atoms with Crippen molar-refractivity contribution in [3.63, 3.8) is 0 Å². The lowest BCUT2D eigenvalue weighted by molar-refractivity contribution is 0.0602. The lowest BCUT2D eigenvalue weighted by Crippen LogP contribution is -2.16. The maximum Gasteiger partial charge on any atom is 0.345 e. The van der Waals surface area contributed by atoms with Gasteiger partial charge in [-0.1, -0.05) is 46.0 Å². The monoisotopic (exact) mass is 490 g/mol. The van der Waals surface area contributed by atoms with Gasteiger partial charge in [-0.25, -0.2) is 17.9 Å². The summed E-state index contributed by atoms with van der Waals surface area (Å²) in [7, 11) is -1.88. The molecule has 2 aromatic carbocycles. The summed E-state index contributed by atoms with van der Waals surface area (Å²) in [6.07, 6.45) is 0. The normalized spacial score (nSPS) is 11.2. The first-order valence-electron chi connectivity index (χ1n) is 8.08. The smallest absolute Gasteiger partial charge is 0.345 e. The van der Waals surface area contributed by atoms with Crippen LogP contribution >= 0.6 is 34.8 Å². The van der Waals surface area contributed by atoms with Crippen molar-refractivity contribution in [2.75, 3.05) is 18.9 Å². The minimum absolute atomic E-state index is 0.0282. The van der Waals surface area contributed by atoms with Crippen LogP contribution in [0.4, 0.5) is 5.88 Å². The highest BCUT2D eigenvalue weighted by molar-refractivity contribution is 7.92. The molecule has 3 rings (SSSR count). The number of halogens is 3. The molecule has 0 unspecified atom stereocenters. The molecule has 0 bridgehead atoms. The summed E-state index contributed by atoms with van der Waals surface area (Å²) in [5, 5.41) is 4.29. The Labute approximate surface area is 186 Å². The highest BCUT2D eigenvalue weighted by atomic mass is 35.5. The molecule has 0 saturated heterocycles. The molecule has 0 spiro atoms. The third-order valence-electron chi connectivity index (χ3n) is 3.92. The van der Waals surface area contributed by atoms with Crippen molar-refractivity contribution in [3.8, 4) is 17.0 Å². The molecule has 1 aromatic heterocycles. The van der Waals surface area contributed by atoms with Crippen LogP contribution in [-0.2, 0) is 14.8 Å². The number of nitrogens with one attached hydrogen (secondary N) is 1. The Kier molecular flexibility index (Phi) is 6.47. The lowest BCUT2D eigenvalue weighted by atomic mass is 10.1. The molecule has 158 valence electrons. The molecule has 12 heteroatoms. The van der Waals surface area contributed by atoms with Crippen molar-refractivity contribution in [1.29, 1.82) is 0 Å². The Hall–Kier alpha value is -2.46. The summed E-state index contributed by atoms with van der Waals surface area (Å²) in [4.78, 5) is 12.1. The first kappa shape index (κ1) is 22.2. The molecule has 0 atom stereocenters. The zero-order valence-electron chi connectivity index (χ0n) is 15.4. The van der Waals surface area contributed by atoms with Crippen LogP contribution in [0.5, 0.6) is 5.75 Å². The van der Waals surface area contributed by atoms with Crippen molar-refractivity contribution < 1.29 is 27.2 Å². The van der Waals surface area contributed by atoms with E-state index in [1.54, 1.807) is 6.07 Å². The fourth-order valence-electron chi connectivity index (χ4n) is 2.58. The molecule has 0 aliphatic carbocycles. The second-order valence-electron chi connectivity index (χ2n) is 5.72. The van der Waals surface area contributed by atoms with Crippen molar-refractivity contribution in [2.24, 2.45) is 0 Å². The molecule has 1 N–H and O–H groups in total. The molecule has 0 fully saturated rings. The molecular formula is C18H13Cl3N2O6S. The standard InChI is InChI=1S/C18H13Cl3N2O6S/c1-27-12-7-6-9(19)8-13(12)30(25,26)23-17-15(18(24)28-2)16(22-29-17)14-10(20)4-3-5-11(14)21/h3-8,23H,1-2H3. The number of aromatic nitrogens is 1. The molecular weight excluding hydrogens is 479 g/mol. The third kappa shape index (κ3) is 4.20. The Morgan fingerprint density at radius 2 is 1.77 bits per heavy atom. The Bertz CT molecular complexity index is 1210. The first-order chi connectivity index (χ1) is 14.2. The van der Waals surface area contributed by atoms with Gasteiger partial charge in [-0.3, -0.25) is 0 Å². The number of hydrogen-bond acceptors (Lipinski definition) is 7. The van der Waals surface area contributed by atoms with Gasteiger partial charge < -0.3 is 14.0 Å². The second-order valence-corrected chi connectivity index (χ2v) is 8.63. The van der Waals surface area contributed by atoms with E-state index >= 15 is 0 Å². The van der Waals surface area contributed by atoms with Gasteiger partial charge in [0.05, 0.1) is 24.3 Å². The van der Waals surface area contributed by atoms with E-state index in [1.807, 2.05) is 0 Å². The van der Waals surface area contributed by atoms with E-state index in [-0.39, 0.29) is 42.5 Å². The summed E-state index contributed by atoms with van der Waals surface area (Å²) in [5.74, 6) is -1.38. The number of benzene rings is 2. The number of carbonyl (C=O) groups excluding carboxylic acids is 1. The predicted octanol–water partition coefficient (Wildman–Crippen LogP) is 4.90. The number of hydrogen-bond donors (Lipinski definition) is 1. The van der Waals surface area contributed by atoms with Crippen LogP contribution in [0.2, 0.25) is 15.1 Å². The third-order valence-corrected chi connectivity index (χ3v) is 6.14. The van der Waals surface area contributed by atoms with E-state index in [1.165, 1.54) is 37.4 Å². The lowest BCUT2D eigenvalue weighted by Gasteiger charge is -2.11. The van der Waals surface area contributed by atoms with Crippen LogP contribution in [0.25, 0.3) is 11.3 Å². The van der Waals surface area contributed by atoms with Gasteiger partial charge in [0, 0.05) is 10.6 Å². The van der Waals surface area contributed by atoms with Crippen molar-refractivity contribution in [3.05, 3.63) is 57.0 Å². The van der Waals surface area contributed by atoms with Crippen LogP contribution in [0.3, 0.4) is 0 Å². The van der Waals surface area contributed by atoms with Crippen LogP contribution in [-0.4, -0.2) is 33.8 Å². The molecule has 30 heavy (non-hydrogen) atoms. The van der Waals surface area contributed by atoms with E-state index in [4.69, 9.17) is 48.8 Å². The number of rotatable bonds is 6. The maximum atomic E-state index is 12.9. The van der Waals surface area contributed by atoms with E-state index in [9.17, 15) is 13.2 Å². The molecule has 1 heterocycles. The molecule has 0 saturated carbocycles. The van der Waals surface area contributed by atoms with E-state index in [2.05, 4.69) is 9.88 Å². The van der Waals surface area contributed by atoms with Crippen LogP contribution < -0.4 is 9.46 Å². The minimum atomic E-state index is -4.30. The number of ether oxygens (including phenoxy) is 2. The van der Waals surface area contributed by atoms with Gasteiger partial charge in [-0.05, 0) is 30.3 Å². The Balaban J connectivity index is 2.15. The fourth-order valence-corrected chi connectivity index (χ4v) is 4.59.